The Morgan fingerprint density at radius 1 is 0.913 bits per heavy atom. The molecule has 0 atom stereocenters. The molecule has 0 aliphatic rings. The number of hydrogen-bond donors (Lipinski definition) is 0. The minimum atomic E-state index is 0.931. The summed E-state index contributed by atoms with van der Waals surface area (Å²) in [5.74, 6) is 0. The van der Waals surface area contributed by atoms with E-state index in [9.17, 15) is 0 Å². The molecule has 0 saturated heterocycles. The quantitative estimate of drug-likeness (QED) is 0.542. The Morgan fingerprint density at radius 2 is 1.48 bits per heavy atom. The van der Waals surface area contributed by atoms with E-state index in [-0.39, 0.29) is 0 Å². The highest BCUT2D eigenvalue weighted by molar-refractivity contribution is 5.76. The maximum Gasteiger partial charge on any atom is 0.0411 e. The molecule has 0 aromatic heterocycles. The zero-order valence-electron chi connectivity index (χ0n) is 14.5. The molecule has 120 valence electrons. The first-order valence-corrected chi connectivity index (χ1v) is 8.18. The average Bonchev–Trinajstić information content (AvgIpc) is 2.64. The van der Waals surface area contributed by atoms with Crippen LogP contribution in [0.5, 0.6) is 0 Å². The van der Waals surface area contributed by atoms with Crippen LogP contribution in [0.15, 0.2) is 86.0 Å². The molecule has 0 radical (unpaired) electrons. The van der Waals surface area contributed by atoms with Crippen molar-refractivity contribution < 1.29 is 0 Å². The Labute approximate surface area is 141 Å². The lowest BCUT2D eigenvalue weighted by molar-refractivity contribution is 1.02. The SMILES string of the molecule is C=C/C=C(\C=C)c1ccc(N(CC)c2ccccc2)cc1.CC. The summed E-state index contributed by atoms with van der Waals surface area (Å²) in [6, 6.07) is 19.0. The lowest BCUT2D eigenvalue weighted by Gasteiger charge is -2.23. The van der Waals surface area contributed by atoms with Gasteiger partial charge < -0.3 is 4.90 Å². The molecule has 0 fully saturated rings. The molecule has 0 spiro atoms. The maximum absolute atomic E-state index is 3.85. The van der Waals surface area contributed by atoms with Gasteiger partial charge in [-0.2, -0.15) is 0 Å². The standard InChI is InChI=1S/C20H21N.C2H6/c1-4-10-17(5-2)18-13-15-20(16-14-18)21(6-3)19-11-8-7-9-12-19;1-2/h4-5,7-16H,1-2,6H2,3H3;1-2H3/b17-10+;. The molecule has 0 aliphatic carbocycles. The van der Waals surface area contributed by atoms with E-state index >= 15 is 0 Å². The van der Waals surface area contributed by atoms with Crippen LogP contribution in [0.3, 0.4) is 0 Å². The second-order valence-corrected chi connectivity index (χ2v) is 4.69. The smallest absolute Gasteiger partial charge is 0.0411 e. The van der Waals surface area contributed by atoms with Crippen molar-refractivity contribution in [2.75, 3.05) is 11.4 Å². The largest absolute Gasteiger partial charge is 0.342 e. The van der Waals surface area contributed by atoms with Gasteiger partial charge in [0.2, 0.25) is 0 Å². The minimum Gasteiger partial charge on any atom is -0.342 e. The second kappa shape index (κ2) is 10.2. The van der Waals surface area contributed by atoms with Crippen molar-refractivity contribution in [2.24, 2.45) is 0 Å². The van der Waals surface area contributed by atoms with Gasteiger partial charge in [-0.25, -0.2) is 0 Å². The van der Waals surface area contributed by atoms with Gasteiger partial charge in [0, 0.05) is 17.9 Å². The molecule has 0 amide bonds. The molecular weight excluding hydrogens is 278 g/mol. The summed E-state index contributed by atoms with van der Waals surface area (Å²) in [5.41, 5.74) is 4.63. The zero-order chi connectivity index (χ0) is 17.1. The lowest BCUT2D eigenvalue weighted by Crippen LogP contribution is -2.15. The third kappa shape index (κ3) is 5.00. The van der Waals surface area contributed by atoms with E-state index < -0.39 is 0 Å². The average molecular weight is 305 g/mol. The monoisotopic (exact) mass is 305 g/mol. The van der Waals surface area contributed by atoms with E-state index in [2.05, 4.69) is 73.5 Å². The van der Waals surface area contributed by atoms with E-state index in [4.69, 9.17) is 0 Å². The highest BCUT2D eigenvalue weighted by atomic mass is 15.1. The Morgan fingerprint density at radius 3 is 1.96 bits per heavy atom. The van der Waals surface area contributed by atoms with E-state index in [1.807, 2.05) is 32.1 Å². The van der Waals surface area contributed by atoms with Gasteiger partial charge >= 0.3 is 0 Å². The first-order chi connectivity index (χ1) is 11.3. The van der Waals surface area contributed by atoms with Gasteiger partial charge in [-0.15, -0.1) is 0 Å². The molecule has 2 aromatic carbocycles. The summed E-state index contributed by atoms with van der Waals surface area (Å²) in [6.07, 6.45) is 5.61. The number of benzene rings is 2. The van der Waals surface area contributed by atoms with Crippen molar-refractivity contribution in [1.82, 2.24) is 0 Å². The van der Waals surface area contributed by atoms with Crippen LogP contribution >= 0.6 is 0 Å². The summed E-state index contributed by atoms with van der Waals surface area (Å²) in [7, 11) is 0. The first kappa shape index (κ1) is 18.5. The van der Waals surface area contributed by atoms with Gasteiger partial charge in [-0.1, -0.05) is 75.6 Å². The van der Waals surface area contributed by atoms with Crippen molar-refractivity contribution in [3.63, 3.8) is 0 Å². The molecular formula is C22H27N. The van der Waals surface area contributed by atoms with Crippen LogP contribution in [0.2, 0.25) is 0 Å². The van der Waals surface area contributed by atoms with Crippen molar-refractivity contribution in [1.29, 1.82) is 0 Å². The van der Waals surface area contributed by atoms with Crippen molar-refractivity contribution in [3.05, 3.63) is 91.5 Å². The van der Waals surface area contributed by atoms with Crippen molar-refractivity contribution in [3.8, 4) is 0 Å². The predicted octanol–water partition coefficient (Wildman–Crippen LogP) is 6.63. The molecule has 0 heterocycles. The van der Waals surface area contributed by atoms with E-state index in [0.29, 0.717) is 0 Å². The summed E-state index contributed by atoms with van der Waals surface area (Å²) >= 11 is 0. The Balaban J connectivity index is 0.00000127. The number of para-hydroxylation sites is 1. The molecule has 2 aromatic rings. The van der Waals surface area contributed by atoms with E-state index in [0.717, 1.165) is 17.7 Å². The zero-order valence-corrected chi connectivity index (χ0v) is 14.5. The van der Waals surface area contributed by atoms with Crippen LogP contribution in [0.1, 0.15) is 26.3 Å². The Hall–Kier alpha value is -2.54. The number of anilines is 2. The molecule has 0 unspecified atom stereocenters. The Kier molecular flexibility index (Phi) is 8.23. The van der Waals surface area contributed by atoms with Gasteiger partial charge in [-0.3, -0.25) is 0 Å². The van der Waals surface area contributed by atoms with E-state index in [1.165, 1.54) is 11.4 Å². The molecule has 0 N–H and O–H groups in total. The van der Waals surface area contributed by atoms with Gasteiger partial charge in [0.05, 0.1) is 0 Å². The maximum atomic E-state index is 3.85. The van der Waals surface area contributed by atoms with Gasteiger partial charge in [0.1, 0.15) is 0 Å². The molecule has 0 saturated carbocycles. The topological polar surface area (TPSA) is 3.24 Å². The Bertz CT molecular complexity index is 621. The van der Waals surface area contributed by atoms with Gasteiger partial charge in [0.25, 0.3) is 0 Å². The second-order valence-electron chi connectivity index (χ2n) is 4.69. The third-order valence-electron chi connectivity index (χ3n) is 3.41. The number of allylic oxidation sites excluding steroid dienone is 4. The van der Waals surface area contributed by atoms with Crippen molar-refractivity contribution in [2.45, 2.75) is 20.8 Å². The molecule has 0 aliphatic heterocycles. The van der Waals surface area contributed by atoms with Crippen LogP contribution in [0.25, 0.3) is 5.57 Å². The van der Waals surface area contributed by atoms with Gasteiger partial charge in [0.15, 0.2) is 0 Å². The van der Waals surface area contributed by atoms with Crippen LogP contribution in [-0.4, -0.2) is 6.54 Å². The normalized spacial score (nSPS) is 10.3. The predicted molar refractivity (Wildman–Crippen MR) is 105 cm³/mol. The number of rotatable bonds is 6. The van der Waals surface area contributed by atoms with Gasteiger partial charge in [-0.05, 0) is 42.3 Å². The molecule has 0 bridgehead atoms. The van der Waals surface area contributed by atoms with E-state index in [1.54, 1.807) is 6.08 Å². The molecule has 1 heteroatoms. The molecule has 23 heavy (non-hydrogen) atoms. The first-order valence-electron chi connectivity index (χ1n) is 8.18. The van der Waals surface area contributed by atoms with Crippen LogP contribution in [0.4, 0.5) is 11.4 Å². The molecule has 2 rings (SSSR count). The summed E-state index contributed by atoms with van der Waals surface area (Å²) in [6.45, 7) is 14.7. The number of nitrogens with zero attached hydrogens (tertiary/aromatic N) is 1. The van der Waals surface area contributed by atoms with Crippen LogP contribution in [-0.2, 0) is 0 Å². The fraction of sp³-hybridized carbons (Fsp3) is 0.182. The summed E-state index contributed by atoms with van der Waals surface area (Å²) in [4.78, 5) is 2.29. The fourth-order valence-electron chi connectivity index (χ4n) is 2.37. The summed E-state index contributed by atoms with van der Waals surface area (Å²) in [5, 5.41) is 0. The highest BCUT2D eigenvalue weighted by Gasteiger charge is 2.06. The minimum absolute atomic E-state index is 0.931. The highest BCUT2D eigenvalue weighted by Crippen LogP contribution is 2.26. The molecule has 1 nitrogen and oxygen atoms in total. The third-order valence-corrected chi connectivity index (χ3v) is 3.41. The van der Waals surface area contributed by atoms with Crippen LogP contribution in [0, 0.1) is 0 Å². The summed E-state index contributed by atoms with van der Waals surface area (Å²) < 4.78 is 0. The van der Waals surface area contributed by atoms with Crippen LogP contribution < -0.4 is 4.90 Å². The van der Waals surface area contributed by atoms with Crippen molar-refractivity contribution >= 4 is 16.9 Å². The number of hydrogen-bond acceptors (Lipinski definition) is 1. The fourth-order valence-corrected chi connectivity index (χ4v) is 2.37. The lowest BCUT2D eigenvalue weighted by atomic mass is 10.0.